The van der Waals surface area contributed by atoms with Gasteiger partial charge in [0.2, 0.25) is 0 Å². The van der Waals surface area contributed by atoms with Crippen molar-refractivity contribution in [2.45, 2.75) is 33.1 Å². The van der Waals surface area contributed by atoms with Gasteiger partial charge < -0.3 is 9.13 Å². The molecule has 2 heterocycles. The lowest BCUT2D eigenvalue weighted by Gasteiger charge is -2.23. The van der Waals surface area contributed by atoms with E-state index in [0.29, 0.717) is 0 Å². The van der Waals surface area contributed by atoms with Crippen LogP contribution in [0.15, 0.2) is 146 Å². The van der Waals surface area contributed by atoms with Gasteiger partial charge in [-0.15, -0.1) is 0 Å². The molecule has 234 valence electrons. The first-order valence-corrected chi connectivity index (χ1v) is 17.3. The average molecular weight is 629 g/mol. The van der Waals surface area contributed by atoms with E-state index in [1.807, 2.05) is 0 Å². The van der Waals surface area contributed by atoms with Crippen molar-refractivity contribution in [1.82, 2.24) is 9.13 Å². The van der Waals surface area contributed by atoms with E-state index in [4.69, 9.17) is 0 Å². The summed E-state index contributed by atoms with van der Waals surface area (Å²) in [6.07, 6.45) is 0. The number of hydrogen-bond donors (Lipinski definition) is 0. The summed E-state index contributed by atoms with van der Waals surface area (Å²) in [6, 6.07) is 54.2. The van der Waals surface area contributed by atoms with Crippen LogP contribution in [0.3, 0.4) is 0 Å². The highest BCUT2D eigenvalue weighted by atomic mass is 15.1. The van der Waals surface area contributed by atoms with Gasteiger partial charge in [0.1, 0.15) is 0 Å². The van der Waals surface area contributed by atoms with Gasteiger partial charge in [0.25, 0.3) is 0 Å². The number of aryl methyl sites for hydroxylation is 2. The van der Waals surface area contributed by atoms with E-state index in [2.05, 4.69) is 182 Å². The first-order valence-electron chi connectivity index (χ1n) is 17.3. The van der Waals surface area contributed by atoms with Gasteiger partial charge in [0.05, 0.1) is 33.4 Å². The zero-order chi connectivity index (χ0) is 33.0. The van der Waals surface area contributed by atoms with Gasteiger partial charge in [0, 0.05) is 27.0 Å². The Morgan fingerprint density at radius 2 is 1.06 bits per heavy atom. The zero-order valence-corrected chi connectivity index (χ0v) is 28.3. The Morgan fingerprint density at radius 1 is 0.429 bits per heavy atom. The quantitative estimate of drug-likeness (QED) is 0.184. The van der Waals surface area contributed by atoms with Crippen molar-refractivity contribution in [2.75, 3.05) is 0 Å². The van der Waals surface area contributed by atoms with Crippen LogP contribution in [-0.2, 0) is 5.41 Å². The Morgan fingerprint density at radius 3 is 1.82 bits per heavy atom. The van der Waals surface area contributed by atoms with Gasteiger partial charge in [-0.2, -0.15) is 0 Å². The smallest absolute Gasteiger partial charge is 0.0732 e. The molecule has 0 bridgehead atoms. The first kappa shape index (κ1) is 28.2. The van der Waals surface area contributed by atoms with Crippen LogP contribution in [0.1, 0.15) is 36.1 Å². The van der Waals surface area contributed by atoms with Gasteiger partial charge in [-0.3, -0.25) is 0 Å². The van der Waals surface area contributed by atoms with E-state index < -0.39 is 0 Å². The van der Waals surface area contributed by atoms with Crippen molar-refractivity contribution in [1.29, 1.82) is 0 Å². The SMILES string of the molecule is Cc1cc(C)c(-n2c3ccc(-c4ccccc4)cc3c3cc4c(cc32)C(C)(C)c2ccccc2-4)c(-n2c3ccccc3c3ccccc32)c1. The van der Waals surface area contributed by atoms with Crippen LogP contribution in [0.25, 0.3) is 77.2 Å². The van der Waals surface area contributed by atoms with Crippen LogP contribution in [-0.4, -0.2) is 9.13 Å². The molecule has 0 amide bonds. The molecular weight excluding hydrogens is 593 g/mol. The minimum Gasteiger partial charge on any atom is -0.307 e. The summed E-state index contributed by atoms with van der Waals surface area (Å²) < 4.78 is 5.05. The van der Waals surface area contributed by atoms with Gasteiger partial charge >= 0.3 is 0 Å². The normalized spacial score (nSPS) is 13.5. The Bertz CT molecular complexity index is 2750. The Hall–Kier alpha value is -5.86. The minimum absolute atomic E-state index is 0.103. The fourth-order valence-electron chi connectivity index (χ4n) is 8.85. The van der Waals surface area contributed by atoms with Crippen LogP contribution in [0.4, 0.5) is 0 Å². The molecule has 0 radical (unpaired) electrons. The van der Waals surface area contributed by atoms with E-state index >= 15 is 0 Å². The summed E-state index contributed by atoms with van der Waals surface area (Å²) in [5.74, 6) is 0. The maximum Gasteiger partial charge on any atom is 0.0732 e. The van der Waals surface area contributed by atoms with Crippen molar-refractivity contribution < 1.29 is 0 Å². The topological polar surface area (TPSA) is 9.86 Å². The Kier molecular flexibility index (Phi) is 5.79. The lowest BCUT2D eigenvalue weighted by atomic mass is 9.82. The lowest BCUT2D eigenvalue weighted by Crippen LogP contribution is -2.15. The fourth-order valence-corrected chi connectivity index (χ4v) is 8.85. The fraction of sp³-hybridized carbons (Fsp3) is 0.106. The van der Waals surface area contributed by atoms with Crippen molar-refractivity contribution in [3.05, 3.63) is 168 Å². The third-order valence-electron chi connectivity index (χ3n) is 11.0. The monoisotopic (exact) mass is 628 g/mol. The number of rotatable bonds is 3. The van der Waals surface area contributed by atoms with Crippen LogP contribution in [0.2, 0.25) is 0 Å². The predicted octanol–water partition coefficient (Wildman–Crippen LogP) is 12.5. The number of hydrogen-bond acceptors (Lipinski definition) is 0. The molecule has 2 aromatic heterocycles. The molecule has 0 saturated carbocycles. The summed E-state index contributed by atoms with van der Waals surface area (Å²) in [7, 11) is 0. The molecule has 2 heteroatoms. The van der Waals surface area contributed by atoms with Gasteiger partial charge in [-0.05, 0) is 101 Å². The molecule has 0 unspecified atom stereocenters. The second-order valence-electron chi connectivity index (χ2n) is 14.3. The van der Waals surface area contributed by atoms with Crippen molar-refractivity contribution in [2.24, 2.45) is 0 Å². The molecule has 0 N–H and O–H groups in total. The van der Waals surface area contributed by atoms with E-state index in [-0.39, 0.29) is 5.41 Å². The van der Waals surface area contributed by atoms with Crippen LogP contribution in [0, 0.1) is 13.8 Å². The molecule has 0 atom stereocenters. The minimum atomic E-state index is -0.103. The number of aromatic nitrogens is 2. The molecule has 9 aromatic rings. The maximum atomic E-state index is 2.56. The predicted molar refractivity (Wildman–Crippen MR) is 208 cm³/mol. The van der Waals surface area contributed by atoms with E-state index in [1.54, 1.807) is 0 Å². The largest absolute Gasteiger partial charge is 0.307 e. The van der Waals surface area contributed by atoms with E-state index in [1.165, 1.54) is 99.5 Å². The highest BCUT2D eigenvalue weighted by molar-refractivity contribution is 6.14. The van der Waals surface area contributed by atoms with E-state index in [0.717, 1.165) is 0 Å². The number of benzene rings is 7. The molecule has 1 aliphatic rings. The van der Waals surface area contributed by atoms with Gasteiger partial charge in [0.15, 0.2) is 0 Å². The summed E-state index contributed by atoms with van der Waals surface area (Å²) in [5.41, 5.74) is 17.7. The van der Waals surface area contributed by atoms with Crippen LogP contribution in [0.5, 0.6) is 0 Å². The van der Waals surface area contributed by atoms with Crippen LogP contribution < -0.4 is 0 Å². The Balaban J connectivity index is 1.37. The standard InChI is InChI=1S/C47H36N2/c1-29-24-30(2)46(45(25-29)48-41-20-12-9-17-34(41)35-18-10-13-21-42(35)48)49-43-23-22-32(31-14-6-5-7-15-31)26-37(43)38-27-36-33-16-8-11-19-39(33)47(3,4)40(36)28-44(38)49/h5-28H,1-4H3. The molecule has 0 aliphatic heterocycles. The maximum absolute atomic E-state index is 2.56. The van der Waals surface area contributed by atoms with Crippen LogP contribution >= 0.6 is 0 Å². The van der Waals surface area contributed by atoms with Gasteiger partial charge in [-0.1, -0.05) is 117 Å². The second-order valence-corrected chi connectivity index (χ2v) is 14.3. The molecule has 0 spiro atoms. The third kappa shape index (κ3) is 3.89. The summed E-state index contributed by atoms with van der Waals surface area (Å²) in [5, 5.41) is 5.10. The molecule has 7 aromatic carbocycles. The average Bonchev–Trinajstić information content (AvgIpc) is 3.70. The van der Waals surface area contributed by atoms with E-state index in [9.17, 15) is 0 Å². The van der Waals surface area contributed by atoms with Crippen molar-refractivity contribution in [3.8, 4) is 33.6 Å². The molecule has 1 aliphatic carbocycles. The van der Waals surface area contributed by atoms with Crippen molar-refractivity contribution in [3.63, 3.8) is 0 Å². The number of fused-ring (bicyclic) bond motifs is 9. The lowest BCUT2D eigenvalue weighted by molar-refractivity contribution is 0.661. The Labute approximate surface area is 286 Å². The second kappa shape index (κ2) is 10.1. The first-order chi connectivity index (χ1) is 23.9. The molecule has 0 fully saturated rings. The highest BCUT2D eigenvalue weighted by Crippen LogP contribution is 2.51. The third-order valence-corrected chi connectivity index (χ3v) is 11.0. The molecule has 10 rings (SSSR count). The number of para-hydroxylation sites is 2. The molecule has 2 nitrogen and oxygen atoms in total. The number of nitrogens with zero attached hydrogens (tertiary/aromatic N) is 2. The van der Waals surface area contributed by atoms with Gasteiger partial charge in [-0.25, -0.2) is 0 Å². The highest BCUT2D eigenvalue weighted by Gasteiger charge is 2.36. The molecular formula is C47H36N2. The summed E-state index contributed by atoms with van der Waals surface area (Å²) >= 11 is 0. The molecule has 0 saturated heterocycles. The van der Waals surface area contributed by atoms with Crippen molar-refractivity contribution >= 4 is 43.6 Å². The zero-order valence-electron chi connectivity index (χ0n) is 28.3. The molecule has 49 heavy (non-hydrogen) atoms. The summed E-state index contributed by atoms with van der Waals surface area (Å²) in [4.78, 5) is 0. The summed E-state index contributed by atoms with van der Waals surface area (Å²) in [6.45, 7) is 9.26.